The maximum Gasteiger partial charge on any atom is 0.237 e. The van der Waals surface area contributed by atoms with Crippen LogP contribution in [0.3, 0.4) is 0 Å². The number of β-amino-alcohol motifs (C(OH)–C–C–N with tert-alkyl or cyclic N) is 1. The van der Waals surface area contributed by atoms with Crippen LogP contribution in [0.25, 0.3) is 0 Å². The molecule has 122 valence electrons. The number of nitrogens with one attached hydrogen (secondary N) is 1. The van der Waals surface area contributed by atoms with Crippen LogP contribution in [0.4, 0.5) is 0 Å². The Hall–Kier alpha value is -0.690. The van der Waals surface area contributed by atoms with Gasteiger partial charge in [0.05, 0.1) is 18.2 Å². The van der Waals surface area contributed by atoms with E-state index in [0.29, 0.717) is 13.1 Å². The zero-order valence-corrected chi connectivity index (χ0v) is 13.3. The highest BCUT2D eigenvalue weighted by Crippen LogP contribution is 2.11. The smallest absolute Gasteiger partial charge is 0.237 e. The van der Waals surface area contributed by atoms with Crippen molar-refractivity contribution < 1.29 is 14.6 Å². The van der Waals surface area contributed by atoms with Gasteiger partial charge in [0.25, 0.3) is 0 Å². The lowest BCUT2D eigenvalue weighted by molar-refractivity contribution is -0.127. The molecule has 2 aliphatic heterocycles. The SMILES string of the molecule is CC(O)CN1CCN(C(C)C(=O)NCC2CCCO2)CC1. The summed E-state index contributed by atoms with van der Waals surface area (Å²) in [6.45, 7) is 9.52. The minimum Gasteiger partial charge on any atom is -0.392 e. The predicted molar refractivity (Wildman–Crippen MR) is 81.1 cm³/mol. The number of amides is 1. The predicted octanol–water partition coefficient (Wildman–Crippen LogP) is -0.331. The van der Waals surface area contributed by atoms with Crippen molar-refractivity contribution in [1.82, 2.24) is 15.1 Å². The van der Waals surface area contributed by atoms with Crippen LogP contribution in [0.15, 0.2) is 0 Å². The van der Waals surface area contributed by atoms with E-state index in [1.54, 1.807) is 0 Å². The molecule has 2 N–H and O–H groups in total. The summed E-state index contributed by atoms with van der Waals surface area (Å²) >= 11 is 0. The molecule has 0 aromatic rings. The molecule has 0 aromatic heterocycles. The number of aliphatic hydroxyl groups is 1. The van der Waals surface area contributed by atoms with Crippen LogP contribution in [-0.2, 0) is 9.53 Å². The third-order valence-electron chi connectivity index (χ3n) is 4.38. The Morgan fingerprint density at radius 2 is 2.05 bits per heavy atom. The third-order valence-corrected chi connectivity index (χ3v) is 4.38. The van der Waals surface area contributed by atoms with E-state index >= 15 is 0 Å². The molecule has 6 heteroatoms. The largest absolute Gasteiger partial charge is 0.392 e. The van der Waals surface area contributed by atoms with Crippen molar-refractivity contribution >= 4 is 5.91 Å². The van der Waals surface area contributed by atoms with Crippen molar-refractivity contribution in [2.75, 3.05) is 45.9 Å². The van der Waals surface area contributed by atoms with E-state index < -0.39 is 0 Å². The van der Waals surface area contributed by atoms with Gasteiger partial charge in [0.15, 0.2) is 0 Å². The molecule has 1 amide bonds. The van der Waals surface area contributed by atoms with Crippen molar-refractivity contribution in [1.29, 1.82) is 0 Å². The van der Waals surface area contributed by atoms with Crippen LogP contribution in [0.1, 0.15) is 26.7 Å². The molecule has 2 saturated heterocycles. The van der Waals surface area contributed by atoms with Crippen LogP contribution in [0, 0.1) is 0 Å². The summed E-state index contributed by atoms with van der Waals surface area (Å²) in [5.41, 5.74) is 0. The highest BCUT2D eigenvalue weighted by Gasteiger charge is 2.26. The quantitative estimate of drug-likeness (QED) is 0.703. The summed E-state index contributed by atoms with van der Waals surface area (Å²) < 4.78 is 5.52. The Morgan fingerprint density at radius 1 is 1.33 bits per heavy atom. The molecule has 2 aliphatic rings. The Bertz CT molecular complexity index is 324. The van der Waals surface area contributed by atoms with E-state index in [9.17, 15) is 9.90 Å². The molecule has 3 unspecified atom stereocenters. The Labute approximate surface area is 127 Å². The third kappa shape index (κ3) is 5.21. The van der Waals surface area contributed by atoms with E-state index in [2.05, 4.69) is 15.1 Å². The molecule has 2 rings (SSSR count). The van der Waals surface area contributed by atoms with Crippen LogP contribution < -0.4 is 5.32 Å². The van der Waals surface area contributed by atoms with Gasteiger partial charge in [-0.25, -0.2) is 0 Å². The van der Waals surface area contributed by atoms with E-state index in [1.807, 2.05) is 13.8 Å². The van der Waals surface area contributed by atoms with Crippen molar-refractivity contribution in [2.45, 2.75) is 44.9 Å². The lowest BCUT2D eigenvalue weighted by atomic mass is 10.2. The number of ether oxygens (including phenoxy) is 1. The van der Waals surface area contributed by atoms with Crippen LogP contribution in [0.2, 0.25) is 0 Å². The Balaban J connectivity index is 1.68. The molecule has 2 fully saturated rings. The summed E-state index contributed by atoms with van der Waals surface area (Å²) in [7, 11) is 0. The van der Waals surface area contributed by atoms with Gasteiger partial charge in [-0.3, -0.25) is 14.6 Å². The second kappa shape index (κ2) is 8.08. The van der Waals surface area contributed by atoms with Gasteiger partial charge in [-0.2, -0.15) is 0 Å². The van der Waals surface area contributed by atoms with Crippen LogP contribution >= 0.6 is 0 Å². The first kappa shape index (κ1) is 16.7. The second-order valence-corrected chi connectivity index (χ2v) is 6.24. The number of hydrogen-bond acceptors (Lipinski definition) is 5. The molecule has 0 saturated carbocycles. The molecule has 0 bridgehead atoms. The molecule has 0 radical (unpaired) electrons. The highest BCUT2D eigenvalue weighted by atomic mass is 16.5. The number of hydrogen-bond donors (Lipinski definition) is 2. The summed E-state index contributed by atoms with van der Waals surface area (Å²) in [5.74, 6) is 0.0921. The summed E-state index contributed by atoms with van der Waals surface area (Å²) in [5, 5.41) is 12.4. The normalized spacial score (nSPS) is 27.5. The fourth-order valence-electron chi connectivity index (χ4n) is 3.04. The fraction of sp³-hybridized carbons (Fsp3) is 0.933. The molecule has 3 atom stereocenters. The average Bonchev–Trinajstić information content (AvgIpc) is 2.97. The molecule has 0 aromatic carbocycles. The maximum absolute atomic E-state index is 12.2. The van der Waals surface area contributed by atoms with Crippen molar-refractivity contribution in [3.8, 4) is 0 Å². The number of nitrogens with zero attached hydrogens (tertiary/aromatic N) is 2. The van der Waals surface area contributed by atoms with E-state index in [1.165, 1.54) is 0 Å². The minimum absolute atomic E-state index is 0.0921. The van der Waals surface area contributed by atoms with Crippen LogP contribution in [-0.4, -0.2) is 84.9 Å². The number of carbonyl (C=O) groups excluding carboxylic acids is 1. The lowest BCUT2D eigenvalue weighted by Gasteiger charge is -2.37. The first-order chi connectivity index (χ1) is 10.1. The van der Waals surface area contributed by atoms with Gasteiger partial charge in [-0.1, -0.05) is 0 Å². The minimum atomic E-state index is -0.288. The molecule has 0 aliphatic carbocycles. The Morgan fingerprint density at radius 3 is 2.62 bits per heavy atom. The van der Waals surface area contributed by atoms with Gasteiger partial charge in [0, 0.05) is 45.9 Å². The monoisotopic (exact) mass is 299 g/mol. The van der Waals surface area contributed by atoms with Crippen molar-refractivity contribution in [2.24, 2.45) is 0 Å². The summed E-state index contributed by atoms with van der Waals surface area (Å²) in [6.07, 6.45) is 2.06. The number of piperazine rings is 1. The second-order valence-electron chi connectivity index (χ2n) is 6.24. The van der Waals surface area contributed by atoms with E-state index in [-0.39, 0.29) is 24.2 Å². The molecule has 0 spiro atoms. The standard InChI is InChI=1S/C15H29N3O3/c1-12(19)11-17-5-7-18(8-6-17)13(2)15(20)16-10-14-4-3-9-21-14/h12-14,19H,3-11H2,1-2H3,(H,16,20). The molecular formula is C15H29N3O3. The molecule has 6 nitrogen and oxygen atoms in total. The van der Waals surface area contributed by atoms with Gasteiger partial charge < -0.3 is 15.2 Å². The highest BCUT2D eigenvalue weighted by molar-refractivity contribution is 5.81. The number of aliphatic hydroxyl groups excluding tert-OH is 1. The first-order valence-corrected chi connectivity index (χ1v) is 8.10. The van der Waals surface area contributed by atoms with Gasteiger partial charge in [-0.05, 0) is 26.7 Å². The first-order valence-electron chi connectivity index (χ1n) is 8.10. The van der Waals surface area contributed by atoms with Gasteiger partial charge in [0.1, 0.15) is 0 Å². The zero-order chi connectivity index (χ0) is 15.2. The van der Waals surface area contributed by atoms with Gasteiger partial charge in [0.2, 0.25) is 5.91 Å². The summed E-state index contributed by atoms with van der Waals surface area (Å²) in [4.78, 5) is 16.7. The van der Waals surface area contributed by atoms with Crippen molar-refractivity contribution in [3.63, 3.8) is 0 Å². The van der Waals surface area contributed by atoms with Gasteiger partial charge in [-0.15, -0.1) is 0 Å². The topological polar surface area (TPSA) is 65.0 Å². The van der Waals surface area contributed by atoms with Gasteiger partial charge >= 0.3 is 0 Å². The molecule has 2 heterocycles. The fourth-order valence-corrected chi connectivity index (χ4v) is 3.04. The number of rotatable bonds is 6. The number of carbonyl (C=O) groups is 1. The van der Waals surface area contributed by atoms with Crippen molar-refractivity contribution in [3.05, 3.63) is 0 Å². The van der Waals surface area contributed by atoms with E-state index in [0.717, 1.165) is 45.6 Å². The molecular weight excluding hydrogens is 270 g/mol. The molecule has 21 heavy (non-hydrogen) atoms. The average molecular weight is 299 g/mol. The maximum atomic E-state index is 12.2. The van der Waals surface area contributed by atoms with E-state index in [4.69, 9.17) is 4.74 Å². The summed E-state index contributed by atoms with van der Waals surface area (Å²) in [6, 6.07) is -0.0971. The lowest BCUT2D eigenvalue weighted by Crippen LogP contribution is -2.55. The van der Waals surface area contributed by atoms with Crippen LogP contribution in [0.5, 0.6) is 0 Å². The Kier molecular flexibility index (Phi) is 6.41. The zero-order valence-electron chi connectivity index (χ0n) is 13.3.